The zero-order valence-electron chi connectivity index (χ0n) is 16.8. The molecule has 2 amide bonds. The van der Waals surface area contributed by atoms with Crippen molar-refractivity contribution in [2.45, 2.75) is 32.1 Å². The molecular weight excluding hydrogens is 391 g/mol. The van der Waals surface area contributed by atoms with Gasteiger partial charge in [0.15, 0.2) is 5.78 Å². The SMILES string of the molecule is CCCN(CC(=O)Nc1ccccc1C)C(=O)CSc1ccc(C(C)=O)cc1F. The summed E-state index contributed by atoms with van der Waals surface area (Å²) in [4.78, 5) is 38.1. The van der Waals surface area contributed by atoms with Crippen molar-refractivity contribution in [2.24, 2.45) is 0 Å². The van der Waals surface area contributed by atoms with Crippen molar-refractivity contribution in [3.63, 3.8) is 0 Å². The molecule has 0 aliphatic carbocycles. The van der Waals surface area contributed by atoms with Crippen LogP contribution in [0.2, 0.25) is 0 Å². The number of amides is 2. The van der Waals surface area contributed by atoms with Crippen LogP contribution in [0.4, 0.5) is 10.1 Å². The Kier molecular flexibility index (Phi) is 8.39. The van der Waals surface area contributed by atoms with E-state index in [1.54, 1.807) is 0 Å². The van der Waals surface area contributed by atoms with Gasteiger partial charge in [-0.25, -0.2) is 4.39 Å². The van der Waals surface area contributed by atoms with E-state index < -0.39 is 5.82 Å². The van der Waals surface area contributed by atoms with Crippen LogP contribution in [0.25, 0.3) is 0 Å². The summed E-state index contributed by atoms with van der Waals surface area (Å²) in [5.74, 6) is -1.26. The van der Waals surface area contributed by atoms with Gasteiger partial charge in [-0.2, -0.15) is 0 Å². The number of carbonyl (C=O) groups excluding carboxylic acids is 3. The normalized spacial score (nSPS) is 10.5. The molecule has 7 heteroatoms. The van der Waals surface area contributed by atoms with E-state index in [-0.39, 0.29) is 29.9 Å². The summed E-state index contributed by atoms with van der Waals surface area (Å²) in [5.41, 5.74) is 1.94. The Bertz CT molecular complexity index is 901. The molecule has 0 aliphatic heterocycles. The van der Waals surface area contributed by atoms with E-state index in [9.17, 15) is 18.8 Å². The highest BCUT2D eigenvalue weighted by molar-refractivity contribution is 8.00. The minimum absolute atomic E-state index is 0.00792. The van der Waals surface area contributed by atoms with Gasteiger partial charge in [0.2, 0.25) is 11.8 Å². The molecule has 0 bridgehead atoms. The second kappa shape index (κ2) is 10.8. The summed E-state index contributed by atoms with van der Waals surface area (Å²) >= 11 is 1.05. The second-order valence-electron chi connectivity index (χ2n) is 6.67. The van der Waals surface area contributed by atoms with Gasteiger partial charge in [-0.05, 0) is 44.0 Å². The molecule has 0 saturated carbocycles. The van der Waals surface area contributed by atoms with Crippen LogP contribution in [-0.2, 0) is 9.59 Å². The molecule has 0 heterocycles. The first kappa shape index (κ1) is 22.6. The Morgan fingerprint density at radius 2 is 1.86 bits per heavy atom. The van der Waals surface area contributed by atoms with Gasteiger partial charge in [-0.1, -0.05) is 31.2 Å². The molecule has 0 saturated heterocycles. The average Bonchev–Trinajstić information content (AvgIpc) is 2.68. The van der Waals surface area contributed by atoms with Crippen molar-refractivity contribution < 1.29 is 18.8 Å². The van der Waals surface area contributed by atoms with E-state index in [1.165, 1.54) is 30.0 Å². The predicted molar refractivity (Wildman–Crippen MR) is 114 cm³/mol. The number of hydrogen-bond acceptors (Lipinski definition) is 4. The molecule has 0 spiro atoms. The standard InChI is InChI=1S/C22H25FN2O3S/c1-4-11-25(13-21(27)24-19-8-6-5-7-15(19)2)22(28)14-29-20-10-9-17(16(3)26)12-18(20)23/h5-10,12H,4,11,13-14H2,1-3H3,(H,24,27). The molecule has 0 radical (unpaired) electrons. The number of Topliss-reactive ketones (excluding diaryl/α,β-unsaturated/α-hetero) is 1. The van der Waals surface area contributed by atoms with Crippen LogP contribution in [0.1, 0.15) is 36.2 Å². The maximum Gasteiger partial charge on any atom is 0.244 e. The van der Waals surface area contributed by atoms with Crippen LogP contribution in [0.3, 0.4) is 0 Å². The Balaban J connectivity index is 1.97. The lowest BCUT2D eigenvalue weighted by atomic mass is 10.1. The average molecular weight is 417 g/mol. The molecular formula is C22H25FN2O3S. The summed E-state index contributed by atoms with van der Waals surface area (Å²) in [7, 11) is 0. The van der Waals surface area contributed by atoms with Crippen LogP contribution < -0.4 is 5.32 Å². The fraction of sp³-hybridized carbons (Fsp3) is 0.318. The number of benzene rings is 2. The number of nitrogens with one attached hydrogen (secondary N) is 1. The van der Waals surface area contributed by atoms with Crippen LogP contribution in [-0.4, -0.2) is 41.3 Å². The number of rotatable bonds is 9. The number of anilines is 1. The second-order valence-corrected chi connectivity index (χ2v) is 7.69. The lowest BCUT2D eigenvalue weighted by Gasteiger charge is -2.22. The Hall–Kier alpha value is -2.67. The highest BCUT2D eigenvalue weighted by Gasteiger charge is 2.18. The first-order valence-corrected chi connectivity index (χ1v) is 10.4. The number of aryl methyl sites for hydroxylation is 1. The van der Waals surface area contributed by atoms with Gasteiger partial charge in [0.1, 0.15) is 5.82 Å². The summed E-state index contributed by atoms with van der Waals surface area (Å²) in [6.07, 6.45) is 0.704. The summed E-state index contributed by atoms with van der Waals surface area (Å²) in [5, 5.41) is 2.82. The monoisotopic (exact) mass is 416 g/mol. The van der Waals surface area contributed by atoms with Crippen molar-refractivity contribution in [1.29, 1.82) is 0 Å². The third-order valence-corrected chi connectivity index (χ3v) is 5.32. The predicted octanol–water partition coefficient (Wildman–Crippen LogP) is 4.31. The van der Waals surface area contributed by atoms with E-state index in [4.69, 9.17) is 0 Å². The lowest BCUT2D eigenvalue weighted by Crippen LogP contribution is -2.39. The molecule has 29 heavy (non-hydrogen) atoms. The molecule has 2 aromatic rings. The van der Waals surface area contributed by atoms with Crippen LogP contribution in [0, 0.1) is 12.7 Å². The van der Waals surface area contributed by atoms with Gasteiger partial charge in [0.05, 0.1) is 12.3 Å². The highest BCUT2D eigenvalue weighted by atomic mass is 32.2. The molecule has 154 valence electrons. The third-order valence-electron chi connectivity index (χ3n) is 4.29. The first-order chi connectivity index (χ1) is 13.8. The lowest BCUT2D eigenvalue weighted by molar-refractivity contribution is -0.132. The molecule has 0 fully saturated rings. The minimum atomic E-state index is -0.533. The summed E-state index contributed by atoms with van der Waals surface area (Å²) < 4.78 is 14.1. The van der Waals surface area contributed by atoms with Crippen molar-refractivity contribution in [3.8, 4) is 0 Å². The fourth-order valence-electron chi connectivity index (χ4n) is 2.71. The summed E-state index contributed by atoms with van der Waals surface area (Å²) in [6, 6.07) is 11.6. The van der Waals surface area contributed by atoms with Gasteiger partial charge < -0.3 is 10.2 Å². The van der Waals surface area contributed by atoms with E-state index in [0.29, 0.717) is 29.1 Å². The number of hydrogen-bond donors (Lipinski definition) is 1. The number of para-hydroxylation sites is 1. The Morgan fingerprint density at radius 1 is 1.14 bits per heavy atom. The van der Waals surface area contributed by atoms with Crippen LogP contribution in [0.5, 0.6) is 0 Å². The van der Waals surface area contributed by atoms with Crippen molar-refractivity contribution in [3.05, 3.63) is 59.4 Å². The number of nitrogens with zero attached hydrogens (tertiary/aromatic N) is 1. The van der Waals surface area contributed by atoms with Gasteiger partial charge in [-0.3, -0.25) is 14.4 Å². The quantitative estimate of drug-likeness (QED) is 0.489. The largest absolute Gasteiger partial charge is 0.333 e. The molecule has 0 aliphatic rings. The number of ketones is 1. The van der Waals surface area contributed by atoms with E-state index >= 15 is 0 Å². The summed E-state index contributed by atoms with van der Waals surface area (Å²) in [6.45, 7) is 5.56. The fourth-order valence-corrected chi connectivity index (χ4v) is 3.53. The molecule has 0 aromatic heterocycles. The maximum atomic E-state index is 14.1. The third kappa shape index (κ3) is 6.71. The smallest absolute Gasteiger partial charge is 0.244 e. The van der Waals surface area contributed by atoms with Gasteiger partial charge >= 0.3 is 0 Å². The van der Waals surface area contributed by atoms with Crippen molar-refractivity contribution >= 4 is 35.0 Å². The van der Waals surface area contributed by atoms with Gasteiger partial charge in [0, 0.05) is 22.7 Å². The zero-order valence-corrected chi connectivity index (χ0v) is 17.6. The first-order valence-electron chi connectivity index (χ1n) is 9.38. The minimum Gasteiger partial charge on any atom is -0.333 e. The topological polar surface area (TPSA) is 66.5 Å². The molecule has 1 N–H and O–H groups in total. The molecule has 2 rings (SSSR count). The number of carbonyl (C=O) groups is 3. The van der Waals surface area contributed by atoms with Crippen LogP contribution >= 0.6 is 11.8 Å². The Labute approximate surface area is 174 Å². The van der Waals surface area contributed by atoms with E-state index in [0.717, 1.165) is 17.3 Å². The van der Waals surface area contributed by atoms with Gasteiger partial charge in [0.25, 0.3) is 0 Å². The van der Waals surface area contributed by atoms with E-state index in [1.807, 2.05) is 38.1 Å². The number of thioether (sulfide) groups is 1. The van der Waals surface area contributed by atoms with Crippen molar-refractivity contribution in [2.75, 3.05) is 24.2 Å². The number of halogens is 1. The molecule has 0 unspecified atom stereocenters. The molecule has 0 atom stereocenters. The van der Waals surface area contributed by atoms with Crippen molar-refractivity contribution in [1.82, 2.24) is 4.90 Å². The maximum absolute atomic E-state index is 14.1. The molecule has 5 nitrogen and oxygen atoms in total. The zero-order chi connectivity index (χ0) is 21.4. The highest BCUT2D eigenvalue weighted by Crippen LogP contribution is 2.23. The van der Waals surface area contributed by atoms with Crippen LogP contribution in [0.15, 0.2) is 47.4 Å². The van der Waals surface area contributed by atoms with E-state index in [2.05, 4.69) is 5.32 Å². The molecule has 2 aromatic carbocycles. The Morgan fingerprint density at radius 3 is 2.48 bits per heavy atom. The van der Waals surface area contributed by atoms with Gasteiger partial charge in [-0.15, -0.1) is 11.8 Å².